The van der Waals surface area contributed by atoms with Gasteiger partial charge in [-0.1, -0.05) is 5.16 Å². The van der Waals surface area contributed by atoms with Gasteiger partial charge in [0.05, 0.1) is 13.0 Å². The summed E-state index contributed by atoms with van der Waals surface area (Å²) in [6.45, 7) is -1.34. The zero-order chi connectivity index (χ0) is 15.2. The minimum absolute atomic E-state index is 0.0109. The SMILES string of the molecule is NC(CCN(C(=O)CCOCC(F)(F)F)C1CC1)=NO. The maximum Gasteiger partial charge on any atom is 0.411 e. The maximum absolute atomic E-state index is 11.9. The molecule has 0 radical (unpaired) electrons. The molecule has 0 aromatic heterocycles. The summed E-state index contributed by atoms with van der Waals surface area (Å²) < 4.78 is 40.0. The fourth-order valence-corrected chi connectivity index (χ4v) is 1.67. The first kappa shape index (κ1) is 16.5. The van der Waals surface area contributed by atoms with E-state index in [0.29, 0.717) is 6.54 Å². The van der Waals surface area contributed by atoms with E-state index in [9.17, 15) is 18.0 Å². The second-order valence-electron chi connectivity index (χ2n) is 4.58. The first-order valence-corrected chi connectivity index (χ1v) is 6.24. The van der Waals surface area contributed by atoms with Crippen LogP contribution >= 0.6 is 0 Å². The molecular formula is C11H18F3N3O3. The number of nitrogens with two attached hydrogens (primary N) is 1. The molecule has 1 aliphatic rings. The molecule has 6 nitrogen and oxygen atoms in total. The highest BCUT2D eigenvalue weighted by molar-refractivity contribution is 5.81. The molecule has 0 atom stereocenters. The molecule has 1 aliphatic carbocycles. The van der Waals surface area contributed by atoms with Crippen LogP contribution < -0.4 is 5.73 Å². The van der Waals surface area contributed by atoms with Gasteiger partial charge in [-0.2, -0.15) is 13.2 Å². The molecule has 0 unspecified atom stereocenters. The smallest absolute Gasteiger partial charge is 0.409 e. The Bertz CT molecular complexity index is 357. The molecule has 20 heavy (non-hydrogen) atoms. The van der Waals surface area contributed by atoms with Crippen molar-refractivity contribution < 1.29 is 27.9 Å². The van der Waals surface area contributed by atoms with Gasteiger partial charge in [0.25, 0.3) is 0 Å². The summed E-state index contributed by atoms with van der Waals surface area (Å²) in [6.07, 6.45) is -2.53. The second-order valence-corrected chi connectivity index (χ2v) is 4.58. The summed E-state index contributed by atoms with van der Waals surface area (Å²) in [6, 6.07) is 0.108. The van der Waals surface area contributed by atoms with Crippen molar-refractivity contribution in [3.63, 3.8) is 0 Å². The Kier molecular flexibility index (Phi) is 6.05. The number of amidine groups is 1. The molecule has 0 spiro atoms. The normalized spacial score (nSPS) is 16.2. The van der Waals surface area contributed by atoms with Gasteiger partial charge in [-0.25, -0.2) is 0 Å². The van der Waals surface area contributed by atoms with E-state index in [1.54, 1.807) is 4.90 Å². The van der Waals surface area contributed by atoms with Gasteiger partial charge < -0.3 is 20.6 Å². The molecule has 1 saturated carbocycles. The number of rotatable bonds is 8. The van der Waals surface area contributed by atoms with Crippen LogP contribution in [0.2, 0.25) is 0 Å². The number of alkyl halides is 3. The average molecular weight is 297 g/mol. The van der Waals surface area contributed by atoms with Gasteiger partial charge in [-0.15, -0.1) is 0 Å². The van der Waals surface area contributed by atoms with Crippen LogP contribution in [0.25, 0.3) is 0 Å². The molecule has 116 valence electrons. The summed E-state index contributed by atoms with van der Waals surface area (Å²) in [4.78, 5) is 13.4. The van der Waals surface area contributed by atoms with E-state index in [4.69, 9.17) is 10.9 Å². The average Bonchev–Trinajstić information content (AvgIpc) is 3.18. The number of nitrogens with zero attached hydrogens (tertiary/aromatic N) is 2. The Hall–Kier alpha value is -1.51. The molecule has 9 heteroatoms. The Morgan fingerprint density at radius 3 is 2.55 bits per heavy atom. The molecule has 0 aromatic rings. The molecule has 0 heterocycles. The lowest BCUT2D eigenvalue weighted by Gasteiger charge is -2.22. The highest BCUT2D eigenvalue weighted by Gasteiger charge is 2.32. The lowest BCUT2D eigenvalue weighted by Crippen LogP contribution is -2.36. The van der Waals surface area contributed by atoms with E-state index in [1.807, 2.05) is 0 Å². The predicted octanol–water partition coefficient (Wildman–Crippen LogP) is 1.08. The van der Waals surface area contributed by atoms with Crippen molar-refractivity contribution in [2.75, 3.05) is 19.8 Å². The lowest BCUT2D eigenvalue weighted by molar-refractivity contribution is -0.175. The summed E-state index contributed by atoms with van der Waals surface area (Å²) in [5.41, 5.74) is 5.32. The lowest BCUT2D eigenvalue weighted by atomic mass is 10.3. The van der Waals surface area contributed by atoms with Crippen LogP contribution in [0.4, 0.5) is 13.2 Å². The Labute approximate surface area is 114 Å². The highest BCUT2D eigenvalue weighted by Crippen LogP contribution is 2.27. The fourth-order valence-electron chi connectivity index (χ4n) is 1.67. The number of carbonyl (C=O) groups is 1. The second kappa shape index (κ2) is 7.32. The Balaban J connectivity index is 2.30. The minimum atomic E-state index is -4.38. The van der Waals surface area contributed by atoms with Gasteiger partial charge in [-0.05, 0) is 12.8 Å². The van der Waals surface area contributed by atoms with Gasteiger partial charge in [0.2, 0.25) is 5.91 Å². The van der Waals surface area contributed by atoms with E-state index in [2.05, 4.69) is 9.89 Å². The van der Waals surface area contributed by atoms with Crippen molar-refractivity contribution in [3.8, 4) is 0 Å². The zero-order valence-electron chi connectivity index (χ0n) is 10.9. The third kappa shape index (κ3) is 6.60. The van der Waals surface area contributed by atoms with E-state index in [0.717, 1.165) is 12.8 Å². The monoisotopic (exact) mass is 297 g/mol. The molecule has 1 rings (SSSR count). The fraction of sp³-hybridized carbons (Fsp3) is 0.818. The van der Waals surface area contributed by atoms with Crippen LogP contribution in [-0.2, 0) is 9.53 Å². The maximum atomic E-state index is 11.9. The first-order valence-electron chi connectivity index (χ1n) is 6.24. The predicted molar refractivity (Wildman–Crippen MR) is 64.3 cm³/mol. The number of hydrogen-bond donors (Lipinski definition) is 2. The molecule has 1 amide bonds. The third-order valence-corrected chi connectivity index (χ3v) is 2.77. The summed E-state index contributed by atoms with van der Waals surface area (Å²) in [7, 11) is 0. The van der Waals surface area contributed by atoms with Gasteiger partial charge in [0, 0.05) is 19.0 Å². The summed E-state index contributed by atoms with van der Waals surface area (Å²) in [5, 5.41) is 11.2. The van der Waals surface area contributed by atoms with Crippen LogP contribution in [0.5, 0.6) is 0 Å². The first-order chi connectivity index (χ1) is 9.33. The molecule has 3 N–H and O–H groups in total. The van der Waals surface area contributed by atoms with Crippen molar-refractivity contribution in [2.45, 2.75) is 37.9 Å². The van der Waals surface area contributed by atoms with E-state index >= 15 is 0 Å². The van der Waals surface area contributed by atoms with Crippen LogP contribution in [0.15, 0.2) is 5.16 Å². The third-order valence-electron chi connectivity index (χ3n) is 2.77. The number of oxime groups is 1. The van der Waals surface area contributed by atoms with E-state index in [1.165, 1.54) is 0 Å². The van der Waals surface area contributed by atoms with Crippen LogP contribution in [0.1, 0.15) is 25.7 Å². The largest absolute Gasteiger partial charge is 0.411 e. The molecule has 0 saturated heterocycles. The molecular weight excluding hydrogens is 279 g/mol. The molecule has 1 fully saturated rings. The number of halogens is 3. The van der Waals surface area contributed by atoms with E-state index in [-0.39, 0.29) is 37.2 Å². The number of hydrogen-bond acceptors (Lipinski definition) is 4. The van der Waals surface area contributed by atoms with Crippen LogP contribution in [0.3, 0.4) is 0 Å². The van der Waals surface area contributed by atoms with Crippen LogP contribution in [-0.4, -0.2) is 53.8 Å². The van der Waals surface area contributed by atoms with Crippen molar-refractivity contribution in [2.24, 2.45) is 10.9 Å². The Morgan fingerprint density at radius 2 is 2.05 bits per heavy atom. The quantitative estimate of drug-likeness (QED) is 0.231. The Morgan fingerprint density at radius 1 is 1.40 bits per heavy atom. The van der Waals surface area contributed by atoms with Gasteiger partial charge in [0.1, 0.15) is 12.4 Å². The standard InChI is InChI=1S/C11H18F3N3O3/c12-11(13,14)7-20-6-4-10(18)17(8-1-2-8)5-3-9(15)16-19/h8,19H,1-7H2,(H2,15,16). The molecule has 0 aromatic carbocycles. The van der Waals surface area contributed by atoms with Crippen molar-refractivity contribution in [1.82, 2.24) is 4.90 Å². The highest BCUT2D eigenvalue weighted by atomic mass is 19.4. The van der Waals surface area contributed by atoms with Gasteiger partial charge in [-0.3, -0.25) is 4.79 Å². The van der Waals surface area contributed by atoms with Crippen molar-refractivity contribution >= 4 is 11.7 Å². The van der Waals surface area contributed by atoms with Gasteiger partial charge >= 0.3 is 6.18 Å². The minimum Gasteiger partial charge on any atom is -0.409 e. The zero-order valence-corrected chi connectivity index (χ0v) is 10.9. The number of ether oxygens (including phenoxy) is 1. The molecule has 0 aliphatic heterocycles. The number of amides is 1. The molecule has 0 bridgehead atoms. The summed E-state index contributed by atoms with van der Waals surface area (Å²) in [5.74, 6) is -0.266. The van der Waals surface area contributed by atoms with Crippen molar-refractivity contribution in [3.05, 3.63) is 0 Å². The number of carbonyl (C=O) groups excluding carboxylic acids is 1. The van der Waals surface area contributed by atoms with Crippen molar-refractivity contribution in [1.29, 1.82) is 0 Å². The van der Waals surface area contributed by atoms with Gasteiger partial charge in [0.15, 0.2) is 0 Å². The summed E-state index contributed by atoms with van der Waals surface area (Å²) >= 11 is 0. The van der Waals surface area contributed by atoms with E-state index < -0.39 is 12.8 Å². The topological polar surface area (TPSA) is 88.2 Å². The van der Waals surface area contributed by atoms with Crippen LogP contribution in [0, 0.1) is 0 Å².